The second-order valence-corrected chi connectivity index (χ2v) is 8.45. The smallest absolute Gasteiger partial charge is 0.434 e. The lowest BCUT2D eigenvalue weighted by molar-refractivity contribution is -0.140. The van der Waals surface area contributed by atoms with Crippen LogP contribution in [-0.2, 0) is 6.18 Å². The molecule has 4 rings (SSSR count). The van der Waals surface area contributed by atoms with Gasteiger partial charge in [-0.3, -0.25) is 9.20 Å². The van der Waals surface area contributed by atoms with Gasteiger partial charge in [0.05, 0.1) is 7.11 Å². The van der Waals surface area contributed by atoms with Crippen molar-refractivity contribution in [1.29, 1.82) is 0 Å². The van der Waals surface area contributed by atoms with Crippen molar-refractivity contribution in [3.63, 3.8) is 0 Å². The number of halogens is 3. The number of nitrogens with one attached hydrogen (secondary N) is 1. The van der Waals surface area contributed by atoms with E-state index in [1.54, 1.807) is 50.4 Å². The van der Waals surface area contributed by atoms with Gasteiger partial charge < -0.3 is 10.1 Å². The number of anilines is 1. The molecule has 2 atom stereocenters. The molecule has 0 saturated heterocycles. The molecule has 1 aromatic carbocycles. The number of alkyl halides is 3. The first-order valence-electron chi connectivity index (χ1n) is 10.7. The molecule has 1 N–H and O–H groups in total. The van der Waals surface area contributed by atoms with Crippen LogP contribution in [0.2, 0.25) is 0 Å². The highest BCUT2D eigenvalue weighted by atomic mass is 19.4. The molecule has 1 aliphatic rings. The molecule has 3 aromatic rings. The minimum absolute atomic E-state index is 0.0834. The van der Waals surface area contributed by atoms with E-state index >= 15 is 0 Å². The minimum atomic E-state index is -4.49. The number of aryl methyl sites for hydroxylation is 1. The van der Waals surface area contributed by atoms with Gasteiger partial charge in [-0.1, -0.05) is 12.5 Å². The Morgan fingerprint density at radius 3 is 2.62 bits per heavy atom. The number of Topliss-reactive ketones (excluding diaryl/α,β-unsaturated/α-hetero) is 1. The van der Waals surface area contributed by atoms with Gasteiger partial charge in [0.2, 0.25) is 0 Å². The standard InChI is InChI=1S/C24H26F3N3O2/c1-15-6-11-22(30-14-21(24(25,26)27)29-23(15)30)28-18-5-3-4-16(12-18)13-20(31)17-7-9-19(32-2)10-8-17/h6-11,14,16,18,28H,3-5,12-13H2,1-2H3/t16-,18+/m1/s1. The Morgan fingerprint density at radius 2 is 1.94 bits per heavy atom. The van der Waals surface area contributed by atoms with Crippen molar-refractivity contribution in [2.24, 2.45) is 5.92 Å². The molecule has 8 heteroatoms. The average molecular weight is 445 g/mol. The van der Waals surface area contributed by atoms with Gasteiger partial charge in [0.25, 0.3) is 0 Å². The molecule has 2 heterocycles. The summed E-state index contributed by atoms with van der Waals surface area (Å²) in [6, 6.07) is 10.8. The van der Waals surface area contributed by atoms with E-state index in [1.807, 2.05) is 0 Å². The summed E-state index contributed by atoms with van der Waals surface area (Å²) in [6.07, 6.45) is 0.627. The van der Waals surface area contributed by atoms with E-state index in [0.29, 0.717) is 34.8 Å². The van der Waals surface area contributed by atoms with Crippen LogP contribution >= 0.6 is 0 Å². The average Bonchev–Trinajstić information content (AvgIpc) is 3.23. The summed E-state index contributed by atoms with van der Waals surface area (Å²) in [5.74, 6) is 1.62. The van der Waals surface area contributed by atoms with Gasteiger partial charge in [0.1, 0.15) is 17.2 Å². The molecule has 0 bridgehead atoms. The van der Waals surface area contributed by atoms with Crippen LogP contribution in [0.1, 0.15) is 53.7 Å². The lowest BCUT2D eigenvalue weighted by Crippen LogP contribution is -2.29. The number of rotatable bonds is 6. The molecular formula is C24H26F3N3O2. The van der Waals surface area contributed by atoms with Crippen molar-refractivity contribution in [1.82, 2.24) is 9.38 Å². The van der Waals surface area contributed by atoms with Gasteiger partial charge in [-0.2, -0.15) is 13.2 Å². The number of hydrogen-bond donors (Lipinski definition) is 1. The first-order chi connectivity index (χ1) is 15.2. The summed E-state index contributed by atoms with van der Waals surface area (Å²) < 4.78 is 46.1. The highest BCUT2D eigenvalue weighted by molar-refractivity contribution is 5.96. The van der Waals surface area contributed by atoms with E-state index in [1.165, 1.54) is 4.40 Å². The van der Waals surface area contributed by atoms with Gasteiger partial charge in [-0.25, -0.2) is 4.98 Å². The molecule has 0 spiro atoms. The Labute approximate surface area is 184 Å². The van der Waals surface area contributed by atoms with E-state index < -0.39 is 11.9 Å². The van der Waals surface area contributed by atoms with Crippen LogP contribution in [0.5, 0.6) is 5.75 Å². The first-order valence-corrected chi connectivity index (χ1v) is 10.7. The number of ketones is 1. The van der Waals surface area contributed by atoms with Crippen molar-refractivity contribution in [2.75, 3.05) is 12.4 Å². The third kappa shape index (κ3) is 4.74. The number of pyridine rings is 1. The van der Waals surface area contributed by atoms with E-state index in [9.17, 15) is 18.0 Å². The van der Waals surface area contributed by atoms with Gasteiger partial charge in [-0.15, -0.1) is 0 Å². The van der Waals surface area contributed by atoms with Crippen LogP contribution in [-0.4, -0.2) is 28.3 Å². The number of methoxy groups -OCH3 is 1. The third-order valence-corrected chi connectivity index (χ3v) is 6.12. The van der Waals surface area contributed by atoms with Gasteiger partial charge in [0.15, 0.2) is 11.5 Å². The van der Waals surface area contributed by atoms with Gasteiger partial charge in [-0.05, 0) is 68.0 Å². The van der Waals surface area contributed by atoms with Gasteiger partial charge >= 0.3 is 6.18 Å². The molecule has 170 valence electrons. The van der Waals surface area contributed by atoms with Crippen LogP contribution in [0.25, 0.3) is 5.65 Å². The summed E-state index contributed by atoms with van der Waals surface area (Å²) in [5.41, 5.74) is 0.739. The van der Waals surface area contributed by atoms with Gasteiger partial charge in [0, 0.05) is 24.2 Å². The van der Waals surface area contributed by atoms with Crippen LogP contribution in [0.4, 0.5) is 19.0 Å². The molecular weight excluding hydrogens is 419 g/mol. The van der Waals surface area contributed by atoms with E-state index in [2.05, 4.69) is 10.3 Å². The number of imidazole rings is 1. The lowest BCUT2D eigenvalue weighted by Gasteiger charge is -2.30. The molecule has 0 unspecified atom stereocenters. The maximum atomic E-state index is 13.2. The molecule has 2 aromatic heterocycles. The molecule has 5 nitrogen and oxygen atoms in total. The Balaban J connectivity index is 1.46. The zero-order chi connectivity index (χ0) is 22.9. The maximum absolute atomic E-state index is 13.2. The lowest BCUT2D eigenvalue weighted by atomic mass is 9.82. The monoisotopic (exact) mass is 445 g/mol. The molecule has 1 saturated carbocycles. The zero-order valence-corrected chi connectivity index (χ0v) is 18.1. The third-order valence-electron chi connectivity index (χ3n) is 6.12. The Kier molecular flexibility index (Phi) is 6.13. The van der Waals surface area contributed by atoms with Crippen LogP contribution in [0.3, 0.4) is 0 Å². The number of nitrogens with zero attached hydrogens (tertiary/aromatic N) is 2. The van der Waals surface area contributed by atoms with Crippen molar-refractivity contribution >= 4 is 17.2 Å². The summed E-state index contributed by atoms with van der Waals surface area (Å²) in [7, 11) is 1.58. The number of carbonyl (C=O) groups excluding carboxylic acids is 1. The predicted molar refractivity (Wildman–Crippen MR) is 116 cm³/mol. The van der Waals surface area contributed by atoms with E-state index in [-0.39, 0.29) is 17.7 Å². The largest absolute Gasteiger partial charge is 0.497 e. The molecule has 0 radical (unpaired) electrons. The number of aromatic nitrogens is 2. The quantitative estimate of drug-likeness (QED) is 0.479. The molecule has 0 aliphatic heterocycles. The SMILES string of the molecule is COc1ccc(C(=O)C[C@@H]2CCC[C@H](Nc3ccc(C)c4nc(C(F)(F)F)cn34)C2)cc1. The topological polar surface area (TPSA) is 55.6 Å². The fourth-order valence-corrected chi connectivity index (χ4v) is 4.43. The Hall–Kier alpha value is -3.03. The molecule has 1 fully saturated rings. The number of benzene rings is 1. The van der Waals surface area contributed by atoms with Crippen LogP contribution in [0.15, 0.2) is 42.6 Å². The fraction of sp³-hybridized carbons (Fsp3) is 0.417. The van der Waals surface area contributed by atoms with E-state index in [4.69, 9.17) is 4.74 Å². The van der Waals surface area contributed by atoms with Crippen molar-refractivity contribution in [2.45, 2.75) is 51.2 Å². The maximum Gasteiger partial charge on any atom is 0.434 e. The number of fused-ring (bicyclic) bond motifs is 1. The number of hydrogen-bond acceptors (Lipinski definition) is 4. The number of carbonyl (C=O) groups is 1. The summed E-state index contributed by atoms with van der Waals surface area (Å²) >= 11 is 0. The second-order valence-electron chi connectivity index (χ2n) is 8.45. The van der Waals surface area contributed by atoms with Crippen molar-refractivity contribution in [3.05, 3.63) is 59.4 Å². The van der Waals surface area contributed by atoms with Crippen LogP contribution in [0, 0.1) is 12.8 Å². The second kappa shape index (κ2) is 8.84. The van der Waals surface area contributed by atoms with Crippen molar-refractivity contribution in [3.8, 4) is 5.75 Å². The number of ether oxygens (including phenoxy) is 1. The Morgan fingerprint density at radius 1 is 1.19 bits per heavy atom. The normalized spacial score (nSPS) is 19.2. The zero-order valence-electron chi connectivity index (χ0n) is 18.1. The Bertz CT molecular complexity index is 1110. The summed E-state index contributed by atoms with van der Waals surface area (Å²) in [5, 5.41) is 3.40. The summed E-state index contributed by atoms with van der Waals surface area (Å²) in [4.78, 5) is 16.5. The fourth-order valence-electron chi connectivity index (χ4n) is 4.43. The predicted octanol–water partition coefficient (Wildman–Crippen LogP) is 5.91. The molecule has 32 heavy (non-hydrogen) atoms. The van der Waals surface area contributed by atoms with E-state index in [0.717, 1.165) is 31.9 Å². The molecule has 1 aliphatic carbocycles. The highest BCUT2D eigenvalue weighted by Gasteiger charge is 2.34. The molecule has 0 amide bonds. The van der Waals surface area contributed by atoms with Crippen LogP contribution < -0.4 is 10.1 Å². The highest BCUT2D eigenvalue weighted by Crippen LogP contribution is 2.33. The minimum Gasteiger partial charge on any atom is -0.497 e. The summed E-state index contributed by atoms with van der Waals surface area (Å²) in [6.45, 7) is 1.74. The first kappa shape index (κ1) is 22.2. The van der Waals surface area contributed by atoms with Crippen molar-refractivity contribution < 1.29 is 22.7 Å².